The SMILES string of the molecule is O=C(CCCCCBr)O[C@H]1C[NH+]2CCC1CC2.O=C(Cl)CCCCCBr.O[C@H]1CN2CCC1CC2.[Cl-]. The van der Waals surface area contributed by atoms with Crippen LogP contribution in [-0.2, 0) is 14.3 Å². The molecule has 0 aromatic carbocycles. The van der Waals surface area contributed by atoms with Crippen molar-refractivity contribution in [1.29, 1.82) is 0 Å². The van der Waals surface area contributed by atoms with Crippen molar-refractivity contribution in [2.45, 2.75) is 89.3 Å². The summed E-state index contributed by atoms with van der Waals surface area (Å²) in [6.07, 6.45) is 12.7. The summed E-state index contributed by atoms with van der Waals surface area (Å²) in [7, 11) is 0. The maximum absolute atomic E-state index is 11.7. The van der Waals surface area contributed by atoms with Crippen LogP contribution in [0.4, 0.5) is 0 Å². The number of unbranched alkanes of at least 4 members (excludes halogenated alkanes) is 4. The Labute approximate surface area is 246 Å². The molecule has 6 saturated heterocycles. The van der Waals surface area contributed by atoms with Gasteiger partial charge in [0, 0.05) is 48.8 Å². The highest BCUT2D eigenvalue weighted by atomic mass is 79.9. The normalized spacial score (nSPS) is 29.7. The smallest absolute Gasteiger partial charge is 0.306 e. The summed E-state index contributed by atoms with van der Waals surface area (Å²) in [5.74, 6) is 1.31. The van der Waals surface area contributed by atoms with Gasteiger partial charge in [-0.3, -0.25) is 9.59 Å². The van der Waals surface area contributed by atoms with Gasteiger partial charge in [0.1, 0.15) is 6.54 Å². The molecule has 6 aliphatic rings. The van der Waals surface area contributed by atoms with Crippen molar-refractivity contribution in [3.05, 3.63) is 0 Å². The number of piperidine rings is 6. The lowest BCUT2D eigenvalue weighted by Gasteiger charge is -2.42. The maximum atomic E-state index is 11.7. The molecule has 0 saturated carbocycles. The van der Waals surface area contributed by atoms with E-state index in [-0.39, 0.29) is 35.8 Å². The molecule has 0 amide bonds. The van der Waals surface area contributed by atoms with Gasteiger partial charge in [0.2, 0.25) is 5.24 Å². The number of nitrogens with zero attached hydrogens (tertiary/aromatic N) is 1. The minimum absolute atomic E-state index is 0. The van der Waals surface area contributed by atoms with E-state index in [4.69, 9.17) is 16.3 Å². The number of hydrogen-bond acceptors (Lipinski definition) is 5. The Hall–Kier alpha value is 0.560. The Kier molecular flexibility index (Phi) is 19.7. The summed E-state index contributed by atoms with van der Waals surface area (Å²) in [5.41, 5.74) is 0. The average Bonchev–Trinajstić information content (AvgIpc) is 2.87. The van der Waals surface area contributed by atoms with Crippen LogP contribution in [-0.4, -0.2) is 83.4 Å². The highest BCUT2D eigenvalue weighted by Crippen LogP contribution is 2.27. The van der Waals surface area contributed by atoms with Crippen molar-refractivity contribution in [2.75, 3.05) is 49.9 Å². The van der Waals surface area contributed by atoms with Gasteiger partial charge in [0.05, 0.1) is 19.2 Å². The van der Waals surface area contributed by atoms with Gasteiger partial charge in [-0.1, -0.05) is 44.7 Å². The predicted octanol–water partition coefficient (Wildman–Crippen LogP) is 0.946. The van der Waals surface area contributed by atoms with E-state index >= 15 is 0 Å². The molecular formula is C26H46Br2Cl2N2O4. The van der Waals surface area contributed by atoms with E-state index in [1.165, 1.54) is 51.9 Å². The van der Waals surface area contributed by atoms with Crippen LogP contribution in [0.2, 0.25) is 0 Å². The number of carbonyl (C=O) groups excluding carboxylic acids is 2. The third kappa shape index (κ3) is 14.1. The molecule has 0 radical (unpaired) electrons. The van der Waals surface area contributed by atoms with E-state index in [1.807, 2.05) is 0 Å². The summed E-state index contributed by atoms with van der Waals surface area (Å²) >= 11 is 11.8. The maximum Gasteiger partial charge on any atom is 0.306 e. The number of halogens is 4. The first-order valence-corrected chi connectivity index (χ1v) is 16.3. The molecular weight excluding hydrogens is 635 g/mol. The van der Waals surface area contributed by atoms with Crippen molar-refractivity contribution in [2.24, 2.45) is 11.8 Å². The Morgan fingerprint density at radius 3 is 1.86 bits per heavy atom. The molecule has 6 aliphatic heterocycles. The van der Waals surface area contributed by atoms with Crippen molar-refractivity contribution in [1.82, 2.24) is 4.90 Å². The Bertz CT molecular complexity index is 604. The fourth-order valence-electron chi connectivity index (χ4n) is 5.45. The second kappa shape index (κ2) is 20.5. The van der Waals surface area contributed by atoms with Crippen LogP contribution in [0.3, 0.4) is 0 Å². The molecule has 0 aromatic heterocycles. The number of aliphatic hydroxyl groups is 1. The fourth-order valence-corrected chi connectivity index (χ4v) is 6.38. The van der Waals surface area contributed by atoms with Crippen LogP contribution in [0.5, 0.6) is 0 Å². The van der Waals surface area contributed by atoms with Crippen LogP contribution in [0.25, 0.3) is 0 Å². The van der Waals surface area contributed by atoms with Gasteiger partial charge < -0.3 is 32.1 Å². The summed E-state index contributed by atoms with van der Waals surface area (Å²) in [6, 6.07) is 0. The lowest BCUT2D eigenvalue weighted by atomic mass is 9.86. The van der Waals surface area contributed by atoms with E-state index in [2.05, 4.69) is 36.8 Å². The first kappa shape index (κ1) is 34.6. The molecule has 6 rings (SSSR count). The van der Waals surface area contributed by atoms with E-state index < -0.39 is 0 Å². The molecule has 0 aromatic rings. The second-order valence-corrected chi connectivity index (χ2v) is 12.4. The number of rotatable bonds is 11. The average molecular weight is 681 g/mol. The largest absolute Gasteiger partial charge is 1.00 e. The van der Waals surface area contributed by atoms with Gasteiger partial charge in [-0.2, -0.15) is 0 Å². The van der Waals surface area contributed by atoms with Crippen LogP contribution in [0, 0.1) is 11.8 Å². The molecule has 212 valence electrons. The molecule has 6 heterocycles. The van der Waals surface area contributed by atoms with Crippen LogP contribution < -0.4 is 17.3 Å². The fraction of sp³-hybridized carbons (Fsp3) is 0.923. The van der Waals surface area contributed by atoms with Gasteiger partial charge in [-0.25, -0.2) is 0 Å². The molecule has 0 spiro atoms. The molecule has 2 atom stereocenters. The summed E-state index contributed by atoms with van der Waals surface area (Å²) in [5, 5.41) is 11.2. The van der Waals surface area contributed by atoms with Gasteiger partial charge in [-0.05, 0) is 69.1 Å². The minimum atomic E-state index is -0.218. The zero-order chi connectivity index (χ0) is 25.5. The van der Waals surface area contributed by atoms with E-state index in [1.54, 1.807) is 4.90 Å². The summed E-state index contributed by atoms with van der Waals surface area (Å²) in [4.78, 5) is 25.8. The molecule has 10 heteroatoms. The lowest BCUT2D eigenvalue weighted by molar-refractivity contribution is -0.920. The Balaban J connectivity index is 0.000000291. The zero-order valence-corrected chi connectivity index (χ0v) is 26.3. The van der Waals surface area contributed by atoms with Gasteiger partial charge in [-0.15, -0.1) is 0 Å². The number of ether oxygens (including phenoxy) is 1. The number of alkyl halides is 2. The number of aliphatic hydroxyl groups excluding tert-OH is 1. The molecule has 0 aliphatic carbocycles. The van der Waals surface area contributed by atoms with Crippen molar-refractivity contribution in [3.63, 3.8) is 0 Å². The third-order valence-electron chi connectivity index (χ3n) is 7.68. The van der Waals surface area contributed by atoms with Gasteiger partial charge >= 0.3 is 5.97 Å². The highest BCUT2D eigenvalue weighted by molar-refractivity contribution is 9.09. The number of fused-ring (bicyclic) bond motifs is 6. The summed E-state index contributed by atoms with van der Waals surface area (Å²) in [6.45, 7) is 7.00. The highest BCUT2D eigenvalue weighted by Gasteiger charge is 2.39. The number of hydrogen-bond donors (Lipinski definition) is 2. The molecule has 36 heavy (non-hydrogen) atoms. The first-order valence-electron chi connectivity index (χ1n) is 13.7. The van der Waals surface area contributed by atoms with Crippen molar-refractivity contribution in [3.8, 4) is 0 Å². The predicted molar refractivity (Wildman–Crippen MR) is 149 cm³/mol. The molecule has 6 fully saturated rings. The van der Waals surface area contributed by atoms with Crippen molar-refractivity contribution < 1.29 is 36.7 Å². The van der Waals surface area contributed by atoms with E-state index in [9.17, 15) is 14.7 Å². The van der Waals surface area contributed by atoms with Gasteiger partial charge in [0.15, 0.2) is 6.10 Å². The van der Waals surface area contributed by atoms with Gasteiger partial charge in [0.25, 0.3) is 0 Å². The molecule has 4 bridgehead atoms. The number of esters is 1. The lowest BCUT2D eigenvalue weighted by Crippen LogP contribution is -3.16. The zero-order valence-electron chi connectivity index (χ0n) is 21.6. The third-order valence-corrected chi connectivity index (χ3v) is 8.99. The number of carbonyl (C=O) groups is 2. The van der Waals surface area contributed by atoms with Crippen LogP contribution in [0.15, 0.2) is 0 Å². The first-order chi connectivity index (χ1) is 16.9. The summed E-state index contributed by atoms with van der Waals surface area (Å²) < 4.78 is 5.63. The van der Waals surface area contributed by atoms with Crippen molar-refractivity contribution >= 4 is 54.7 Å². The standard InChI is InChI=1S/C13H22BrNO2.C7H13NO.C6H10BrClO.ClH/c14-7-3-1-2-4-13(16)17-12-10-15-8-5-11(12)6-9-15;9-7-5-8-3-1-6(7)2-4-8;7-5-3-1-2-4-6(8)9;/h11-12H,1-10H2;6-7,9H,1-5H2;1-5H2;1H/t12-;7-;;/m00../s1. The second-order valence-electron chi connectivity index (χ2n) is 10.4. The topological polar surface area (TPSA) is 71.3 Å². The Morgan fingerprint density at radius 2 is 1.47 bits per heavy atom. The Morgan fingerprint density at radius 1 is 0.889 bits per heavy atom. The number of nitrogens with one attached hydrogen (secondary N) is 1. The molecule has 6 nitrogen and oxygen atoms in total. The molecule has 0 unspecified atom stereocenters. The van der Waals surface area contributed by atoms with E-state index in [0.717, 1.165) is 62.3 Å². The minimum Gasteiger partial charge on any atom is -1.00 e. The monoisotopic (exact) mass is 678 g/mol. The van der Waals surface area contributed by atoms with E-state index in [0.29, 0.717) is 24.7 Å². The molecule has 2 N–H and O–H groups in total. The van der Waals surface area contributed by atoms with Crippen LogP contribution in [0.1, 0.15) is 77.0 Å². The number of quaternary nitrogens is 1. The quantitative estimate of drug-likeness (QED) is 0.147. The van der Waals surface area contributed by atoms with Crippen LogP contribution >= 0.6 is 43.5 Å².